The summed E-state index contributed by atoms with van der Waals surface area (Å²) in [5, 5.41) is 13.8. The van der Waals surface area contributed by atoms with Crippen molar-refractivity contribution in [2.45, 2.75) is 19.9 Å². The van der Waals surface area contributed by atoms with Crippen LogP contribution in [0.5, 0.6) is 0 Å². The van der Waals surface area contributed by atoms with Crippen molar-refractivity contribution in [1.29, 1.82) is 5.26 Å². The second-order valence-electron chi connectivity index (χ2n) is 7.56. The minimum absolute atomic E-state index is 0.0970. The molecule has 4 aromatic rings. The Morgan fingerprint density at radius 1 is 1.21 bits per heavy atom. The van der Waals surface area contributed by atoms with Gasteiger partial charge in [-0.3, -0.25) is 9.36 Å². The van der Waals surface area contributed by atoms with Crippen molar-refractivity contribution in [1.82, 2.24) is 20.3 Å². The SMILES string of the molecule is CCc1cc(C#N)cc(P(=O)(OC)c2c(C(=O)NCc3cncnc3)[nH]c3ccc(Cl)cc23)c1. The van der Waals surface area contributed by atoms with Crippen LogP contribution in [0.15, 0.2) is 55.1 Å². The molecule has 2 N–H and O–H groups in total. The third kappa shape index (κ3) is 4.46. The van der Waals surface area contributed by atoms with Gasteiger partial charge in [-0.15, -0.1) is 0 Å². The lowest BCUT2D eigenvalue weighted by molar-refractivity contribution is 0.0947. The Bertz CT molecular complexity index is 1460. The van der Waals surface area contributed by atoms with Crippen molar-refractivity contribution >= 4 is 46.4 Å². The zero-order valence-corrected chi connectivity index (χ0v) is 20.2. The normalized spacial score (nSPS) is 12.8. The quantitative estimate of drug-likeness (QED) is 0.377. The molecular weight excluding hydrogens is 473 g/mol. The fourth-order valence-corrected chi connectivity index (χ4v) is 6.17. The molecule has 34 heavy (non-hydrogen) atoms. The predicted molar refractivity (Wildman–Crippen MR) is 131 cm³/mol. The lowest BCUT2D eigenvalue weighted by atomic mass is 10.1. The van der Waals surface area contributed by atoms with E-state index in [2.05, 4.69) is 26.3 Å². The summed E-state index contributed by atoms with van der Waals surface area (Å²) in [6, 6.07) is 12.2. The number of nitrogens with zero attached hydrogens (tertiary/aromatic N) is 3. The monoisotopic (exact) mass is 493 g/mol. The van der Waals surface area contributed by atoms with Gasteiger partial charge in [0.2, 0.25) is 0 Å². The van der Waals surface area contributed by atoms with E-state index in [4.69, 9.17) is 16.1 Å². The van der Waals surface area contributed by atoms with Crippen LogP contribution < -0.4 is 15.9 Å². The van der Waals surface area contributed by atoms with E-state index in [1.54, 1.807) is 42.7 Å². The molecule has 8 nitrogen and oxygen atoms in total. The fourth-order valence-electron chi connectivity index (χ4n) is 3.75. The number of fused-ring (bicyclic) bond motifs is 1. The molecule has 0 aliphatic carbocycles. The molecule has 2 aromatic heterocycles. The third-order valence-electron chi connectivity index (χ3n) is 5.43. The molecule has 1 unspecified atom stereocenters. The highest BCUT2D eigenvalue weighted by molar-refractivity contribution is 7.75. The van der Waals surface area contributed by atoms with Gasteiger partial charge in [0.1, 0.15) is 12.0 Å². The number of nitriles is 1. The number of hydrogen-bond donors (Lipinski definition) is 2. The number of H-pyrrole nitrogens is 1. The van der Waals surface area contributed by atoms with Crippen molar-refractivity contribution in [3.05, 3.63) is 82.5 Å². The molecule has 0 aliphatic heterocycles. The first-order valence-electron chi connectivity index (χ1n) is 10.4. The summed E-state index contributed by atoms with van der Waals surface area (Å²) in [6.07, 6.45) is 5.23. The average Bonchev–Trinajstić information content (AvgIpc) is 3.26. The summed E-state index contributed by atoms with van der Waals surface area (Å²) in [7, 11) is -2.49. The molecular formula is C24H21ClN5O3P. The second-order valence-corrected chi connectivity index (χ2v) is 10.4. The Balaban J connectivity index is 1.89. The maximum absolute atomic E-state index is 14.5. The molecule has 2 heterocycles. The molecule has 0 saturated carbocycles. The Labute approximate surface area is 201 Å². The molecule has 1 amide bonds. The van der Waals surface area contributed by atoms with Crippen LogP contribution in [-0.2, 0) is 22.1 Å². The maximum atomic E-state index is 14.5. The molecule has 0 fully saturated rings. The number of aromatic nitrogens is 3. The molecule has 10 heteroatoms. The molecule has 0 radical (unpaired) electrons. The predicted octanol–water partition coefficient (Wildman–Crippen LogP) is 3.85. The van der Waals surface area contributed by atoms with Crippen LogP contribution in [0.3, 0.4) is 0 Å². The Morgan fingerprint density at radius 2 is 1.97 bits per heavy atom. The van der Waals surface area contributed by atoms with Gasteiger partial charge in [0, 0.05) is 52.8 Å². The van der Waals surface area contributed by atoms with Gasteiger partial charge in [-0.2, -0.15) is 5.26 Å². The summed E-state index contributed by atoms with van der Waals surface area (Å²) in [5.41, 5.74) is 2.58. The molecule has 2 aromatic carbocycles. The van der Waals surface area contributed by atoms with Crippen LogP contribution in [0.2, 0.25) is 5.02 Å². The first-order valence-corrected chi connectivity index (χ1v) is 12.4. The van der Waals surface area contributed by atoms with Gasteiger partial charge in [0.15, 0.2) is 0 Å². The topological polar surface area (TPSA) is 121 Å². The Morgan fingerprint density at radius 3 is 2.65 bits per heavy atom. The Kier molecular flexibility index (Phi) is 6.80. The van der Waals surface area contributed by atoms with E-state index >= 15 is 0 Å². The minimum Gasteiger partial charge on any atom is -0.350 e. The van der Waals surface area contributed by atoms with E-state index in [0.29, 0.717) is 38.8 Å². The van der Waals surface area contributed by atoms with Crippen LogP contribution in [0.25, 0.3) is 10.9 Å². The number of rotatable bonds is 7. The summed E-state index contributed by atoms with van der Waals surface area (Å²) in [6.45, 7) is 2.12. The Hall–Kier alpha value is -3.50. The first-order chi connectivity index (χ1) is 16.4. The van der Waals surface area contributed by atoms with Crippen LogP contribution in [0.4, 0.5) is 0 Å². The molecule has 0 spiro atoms. The fraction of sp³-hybridized carbons (Fsp3) is 0.167. The van der Waals surface area contributed by atoms with Crippen molar-refractivity contribution in [3.8, 4) is 6.07 Å². The number of halogens is 1. The minimum atomic E-state index is -3.82. The van der Waals surface area contributed by atoms with Crippen LogP contribution in [0.1, 0.15) is 34.1 Å². The number of nitrogens with one attached hydrogen (secondary N) is 2. The summed E-state index contributed by atoms with van der Waals surface area (Å²) in [5.74, 6) is -0.476. The van der Waals surface area contributed by atoms with Crippen molar-refractivity contribution in [2.75, 3.05) is 7.11 Å². The number of carbonyl (C=O) groups excluding carboxylic acids is 1. The standard InChI is InChI=1S/C24H21ClN5O3P/c1-3-15-6-16(10-26)8-19(7-15)34(32,33-2)23-20-9-18(25)4-5-21(20)30-22(23)24(31)29-13-17-11-27-14-28-12-17/h4-9,11-12,14,30H,3,13H2,1-2H3,(H,29,31). The van der Waals surface area contributed by atoms with E-state index in [1.165, 1.54) is 19.5 Å². The highest BCUT2D eigenvalue weighted by Gasteiger charge is 2.36. The lowest BCUT2D eigenvalue weighted by Gasteiger charge is -2.19. The number of carbonyl (C=O) groups is 1. The lowest BCUT2D eigenvalue weighted by Crippen LogP contribution is -2.30. The van der Waals surface area contributed by atoms with Gasteiger partial charge >= 0.3 is 0 Å². The molecule has 1 atom stereocenters. The summed E-state index contributed by atoms with van der Waals surface area (Å²) >= 11 is 6.25. The van der Waals surface area contributed by atoms with E-state index in [0.717, 1.165) is 5.56 Å². The summed E-state index contributed by atoms with van der Waals surface area (Å²) in [4.78, 5) is 24.3. The van der Waals surface area contributed by atoms with Gasteiger partial charge in [-0.1, -0.05) is 18.5 Å². The van der Waals surface area contributed by atoms with E-state index in [-0.39, 0.29) is 17.5 Å². The summed E-state index contributed by atoms with van der Waals surface area (Å²) < 4.78 is 20.2. The first kappa shape index (κ1) is 23.7. The van der Waals surface area contributed by atoms with Crippen molar-refractivity contribution in [3.63, 3.8) is 0 Å². The third-order valence-corrected chi connectivity index (χ3v) is 8.17. The molecule has 4 rings (SSSR count). The zero-order valence-electron chi connectivity index (χ0n) is 18.5. The van der Waals surface area contributed by atoms with Gasteiger partial charge < -0.3 is 14.8 Å². The number of amides is 1. The van der Waals surface area contributed by atoms with E-state index in [9.17, 15) is 14.6 Å². The largest absolute Gasteiger partial charge is 0.350 e. The highest BCUT2D eigenvalue weighted by atomic mass is 35.5. The van der Waals surface area contributed by atoms with Crippen LogP contribution in [-0.4, -0.2) is 28.0 Å². The van der Waals surface area contributed by atoms with Crippen molar-refractivity contribution < 1.29 is 13.9 Å². The van der Waals surface area contributed by atoms with Gasteiger partial charge in [0.25, 0.3) is 13.3 Å². The second kappa shape index (κ2) is 9.78. The zero-order chi connectivity index (χ0) is 24.3. The molecule has 172 valence electrons. The molecule has 0 saturated heterocycles. The van der Waals surface area contributed by atoms with Crippen LogP contribution in [0, 0.1) is 11.3 Å². The van der Waals surface area contributed by atoms with Gasteiger partial charge in [-0.25, -0.2) is 9.97 Å². The maximum Gasteiger partial charge on any atom is 0.268 e. The van der Waals surface area contributed by atoms with Crippen molar-refractivity contribution in [2.24, 2.45) is 0 Å². The number of benzene rings is 2. The average molecular weight is 494 g/mol. The van der Waals surface area contributed by atoms with Gasteiger partial charge in [0.05, 0.1) is 16.9 Å². The molecule has 0 bridgehead atoms. The van der Waals surface area contributed by atoms with Gasteiger partial charge in [-0.05, 0) is 48.4 Å². The highest BCUT2D eigenvalue weighted by Crippen LogP contribution is 2.47. The number of hydrogen-bond acceptors (Lipinski definition) is 6. The number of aryl methyl sites for hydroxylation is 1. The van der Waals surface area contributed by atoms with E-state index < -0.39 is 13.3 Å². The van der Waals surface area contributed by atoms with E-state index in [1.807, 2.05) is 6.92 Å². The molecule has 0 aliphatic rings. The number of aromatic amines is 1. The smallest absolute Gasteiger partial charge is 0.268 e. The van der Waals surface area contributed by atoms with Crippen LogP contribution >= 0.6 is 19.0 Å².